The average molecular weight is 678 g/mol. The highest BCUT2D eigenvalue weighted by Gasteiger charge is 2.34. The third-order valence-electron chi connectivity index (χ3n) is 9.39. The molecule has 1 amide bonds. The highest BCUT2D eigenvalue weighted by molar-refractivity contribution is 5.82. The molecule has 262 valence electrons. The molecule has 0 bridgehead atoms. The summed E-state index contributed by atoms with van der Waals surface area (Å²) in [5, 5.41) is 12.5. The van der Waals surface area contributed by atoms with Gasteiger partial charge in [-0.05, 0) is 52.4 Å². The van der Waals surface area contributed by atoms with Crippen LogP contribution in [0.5, 0.6) is 0 Å². The molecule has 2 aliphatic heterocycles. The Hall–Kier alpha value is -4.38. The smallest absolute Gasteiger partial charge is 0.303 e. The second kappa shape index (κ2) is 17.0. The van der Waals surface area contributed by atoms with Crippen LogP contribution in [0.3, 0.4) is 0 Å². The predicted molar refractivity (Wildman–Crippen MR) is 192 cm³/mol. The van der Waals surface area contributed by atoms with Gasteiger partial charge in [-0.15, -0.1) is 0 Å². The molecule has 0 aromatic heterocycles. The SMILES string of the molecule is CC(=O)OC(C)C(=O)NCc1cccc(-c2cccc(C3OC(CN4CCN(Cc5ccccc5)CC4)CC(c4ccc(CO)cc4)O3)c2)c1. The van der Waals surface area contributed by atoms with E-state index in [0.717, 1.165) is 79.1 Å². The van der Waals surface area contributed by atoms with Gasteiger partial charge in [-0.3, -0.25) is 19.4 Å². The Morgan fingerprint density at radius 3 is 2.20 bits per heavy atom. The summed E-state index contributed by atoms with van der Waals surface area (Å²) in [5.74, 6) is -0.835. The lowest BCUT2D eigenvalue weighted by Crippen LogP contribution is -2.49. The number of rotatable bonds is 12. The Morgan fingerprint density at radius 1 is 0.800 bits per heavy atom. The average Bonchev–Trinajstić information content (AvgIpc) is 3.15. The van der Waals surface area contributed by atoms with Gasteiger partial charge in [0.1, 0.15) is 0 Å². The zero-order chi connectivity index (χ0) is 34.9. The molecule has 4 aromatic carbocycles. The summed E-state index contributed by atoms with van der Waals surface area (Å²) in [6.07, 6.45) is -0.853. The minimum atomic E-state index is -0.854. The van der Waals surface area contributed by atoms with E-state index in [9.17, 15) is 14.7 Å². The van der Waals surface area contributed by atoms with Gasteiger partial charge in [0.2, 0.25) is 0 Å². The van der Waals surface area contributed by atoms with Gasteiger partial charge < -0.3 is 24.6 Å². The maximum Gasteiger partial charge on any atom is 0.303 e. The summed E-state index contributed by atoms with van der Waals surface area (Å²) in [6, 6.07) is 34.9. The standard InChI is InChI=1S/C41H47N3O6/c1-29(48-30(2)46)40(47)42-25-33-10-6-11-35(22-33)36-12-7-13-37(23-36)41-49-38(24-39(50-41)34-16-14-32(28-45)15-17-34)27-44-20-18-43(19-21-44)26-31-8-4-3-5-9-31/h3-17,22-23,29,38-39,41,45H,18-21,24-28H2,1-2H3,(H,42,47). The highest BCUT2D eigenvalue weighted by Crippen LogP contribution is 2.39. The molecule has 4 aromatic rings. The quantitative estimate of drug-likeness (QED) is 0.182. The lowest BCUT2D eigenvalue weighted by atomic mass is 9.98. The Morgan fingerprint density at radius 2 is 1.48 bits per heavy atom. The maximum absolute atomic E-state index is 12.4. The molecule has 0 spiro atoms. The van der Waals surface area contributed by atoms with E-state index >= 15 is 0 Å². The van der Waals surface area contributed by atoms with E-state index in [0.29, 0.717) is 6.54 Å². The number of nitrogens with zero attached hydrogens (tertiary/aromatic N) is 2. The van der Waals surface area contributed by atoms with E-state index in [-0.39, 0.29) is 24.7 Å². The van der Waals surface area contributed by atoms with Crippen LogP contribution in [0.25, 0.3) is 11.1 Å². The normalized spacial score (nSPS) is 20.6. The van der Waals surface area contributed by atoms with Gasteiger partial charge in [-0.1, -0.05) is 91.0 Å². The van der Waals surface area contributed by atoms with Gasteiger partial charge >= 0.3 is 5.97 Å². The van der Waals surface area contributed by atoms with Crippen LogP contribution in [-0.2, 0) is 43.5 Å². The summed E-state index contributed by atoms with van der Waals surface area (Å²) in [5.41, 5.74) is 7.17. The van der Waals surface area contributed by atoms with Gasteiger partial charge in [0.25, 0.3) is 5.91 Å². The van der Waals surface area contributed by atoms with E-state index in [1.54, 1.807) is 6.92 Å². The first-order valence-electron chi connectivity index (χ1n) is 17.5. The van der Waals surface area contributed by atoms with Crippen LogP contribution in [0.15, 0.2) is 103 Å². The summed E-state index contributed by atoms with van der Waals surface area (Å²) in [7, 11) is 0. The van der Waals surface area contributed by atoms with E-state index in [2.05, 4.69) is 57.6 Å². The number of esters is 1. The Bertz CT molecular complexity index is 1710. The van der Waals surface area contributed by atoms with Crippen molar-refractivity contribution in [3.8, 4) is 11.1 Å². The molecule has 2 fully saturated rings. The fraction of sp³-hybridized carbons (Fsp3) is 0.366. The number of carbonyl (C=O) groups excluding carboxylic acids is 2. The molecular formula is C41H47N3O6. The molecule has 6 rings (SSSR count). The summed E-state index contributed by atoms with van der Waals surface area (Å²) in [6.45, 7) is 8.97. The fourth-order valence-corrected chi connectivity index (χ4v) is 6.65. The summed E-state index contributed by atoms with van der Waals surface area (Å²) < 4.78 is 18.4. The topological polar surface area (TPSA) is 101 Å². The van der Waals surface area contributed by atoms with Gasteiger partial charge in [-0.25, -0.2) is 0 Å². The third kappa shape index (κ3) is 9.65. The molecule has 0 aliphatic carbocycles. The highest BCUT2D eigenvalue weighted by atomic mass is 16.7. The van der Waals surface area contributed by atoms with Crippen LogP contribution in [0, 0.1) is 0 Å². The molecule has 4 unspecified atom stereocenters. The second-order valence-corrected chi connectivity index (χ2v) is 13.2. The first kappa shape index (κ1) is 35.4. The zero-order valence-corrected chi connectivity index (χ0v) is 28.9. The minimum Gasteiger partial charge on any atom is -0.453 e. The van der Waals surface area contributed by atoms with Crippen molar-refractivity contribution in [3.05, 3.63) is 131 Å². The zero-order valence-electron chi connectivity index (χ0n) is 28.9. The first-order valence-corrected chi connectivity index (χ1v) is 17.5. The molecule has 2 aliphatic rings. The summed E-state index contributed by atoms with van der Waals surface area (Å²) >= 11 is 0. The monoisotopic (exact) mass is 677 g/mol. The second-order valence-electron chi connectivity index (χ2n) is 13.2. The van der Waals surface area contributed by atoms with Crippen LogP contribution in [-0.4, -0.2) is 71.7 Å². The number of carbonyl (C=O) groups is 2. The molecule has 4 atom stereocenters. The number of aliphatic hydroxyl groups is 1. The Kier molecular flexibility index (Phi) is 12.1. The van der Waals surface area contributed by atoms with Crippen LogP contribution in [0.2, 0.25) is 0 Å². The predicted octanol–water partition coefficient (Wildman–Crippen LogP) is 5.78. The minimum absolute atomic E-state index is 0.00415. The van der Waals surface area contributed by atoms with Gasteiger partial charge in [0.05, 0.1) is 18.8 Å². The van der Waals surface area contributed by atoms with Gasteiger partial charge in [-0.2, -0.15) is 0 Å². The van der Waals surface area contributed by atoms with Crippen molar-refractivity contribution in [3.63, 3.8) is 0 Å². The van der Waals surface area contributed by atoms with Crippen molar-refractivity contribution in [1.29, 1.82) is 0 Å². The van der Waals surface area contributed by atoms with Crippen molar-refractivity contribution >= 4 is 11.9 Å². The molecular weight excluding hydrogens is 630 g/mol. The van der Waals surface area contributed by atoms with Crippen LogP contribution in [0.4, 0.5) is 0 Å². The number of piperazine rings is 1. The molecule has 2 N–H and O–H groups in total. The molecule has 2 saturated heterocycles. The van der Waals surface area contributed by atoms with Crippen LogP contribution >= 0.6 is 0 Å². The van der Waals surface area contributed by atoms with Crippen LogP contribution < -0.4 is 5.32 Å². The molecule has 50 heavy (non-hydrogen) atoms. The lowest BCUT2D eigenvalue weighted by molar-refractivity contribution is -0.253. The Labute approximate surface area is 294 Å². The first-order chi connectivity index (χ1) is 24.3. The molecule has 0 radical (unpaired) electrons. The van der Waals surface area contributed by atoms with Crippen molar-refractivity contribution in [2.24, 2.45) is 0 Å². The van der Waals surface area contributed by atoms with Crippen molar-refractivity contribution in [2.45, 2.75) is 64.6 Å². The van der Waals surface area contributed by atoms with E-state index in [4.69, 9.17) is 14.2 Å². The van der Waals surface area contributed by atoms with Crippen molar-refractivity contribution in [1.82, 2.24) is 15.1 Å². The molecule has 2 heterocycles. The van der Waals surface area contributed by atoms with Gasteiger partial charge in [0.15, 0.2) is 12.4 Å². The number of nitrogens with one attached hydrogen (secondary N) is 1. The van der Waals surface area contributed by atoms with Crippen LogP contribution in [0.1, 0.15) is 60.5 Å². The number of ether oxygens (including phenoxy) is 3. The number of hydrogen-bond donors (Lipinski definition) is 2. The van der Waals surface area contributed by atoms with E-state index in [1.807, 2.05) is 60.7 Å². The molecule has 9 nitrogen and oxygen atoms in total. The number of amides is 1. The fourth-order valence-electron chi connectivity index (χ4n) is 6.65. The van der Waals surface area contributed by atoms with E-state index in [1.165, 1.54) is 12.5 Å². The van der Waals surface area contributed by atoms with E-state index < -0.39 is 18.4 Å². The lowest BCUT2D eigenvalue weighted by Gasteiger charge is -2.41. The Balaban J connectivity index is 1.14. The number of benzene rings is 4. The largest absolute Gasteiger partial charge is 0.453 e. The van der Waals surface area contributed by atoms with Gasteiger partial charge in [0, 0.05) is 64.7 Å². The molecule has 9 heteroatoms. The number of hydrogen-bond acceptors (Lipinski definition) is 8. The maximum atomic E-state index is 12.4. The summed E-state index contributed by atoms with van der Waals surface area (Å²) in [4.78, 5) is 28.6. The number of aliphatic hydroxyl groups excluding tert-OH is 1. The van der Waals surface area contributed by atoms with Crippen molar-refractivity contribution < 1.29 is 28.9 Å². The molecule has 0 saturated carbocycles. The van der Waals surface area contributed by atoms with Crippen molar-refractivity contribution in [2.75, 3.05) is 32.7 Å². The third-order valence-corrected chi connectivity index (χ3v) is 9.39.